The maximum Gasteiger partial charge on any atom is 0.326 e. The predicted octanol–water partition coefficient (Wildman–Crippen LogP) is 1.78. The second kappa shape index (κ2) is 6.52. The minimum Gasteiger partial charge on any atom is -0.480 e. The third-order valence-corrected chi connectivity index (χ3v) is 10.1. The monoisotopic (exact) mass is 457 g/mol. The van der Waals surface area contributed by atoms with Crippen molar-refractivity contribution in [2.45, 2.75) is 35.6 Å². The van der Waals surface area contributed by atoms with Gasteiger partial charge in [-0.05, 0) is 42.7 Å². The van der Waals surface area contributed by atoms with Crippen LogP contribution in [0.4, 0.5) is 0 Å². The number of aliphatic carboxylic acids is 1. The Hall–Kier alpha value is -2.46. The number of nitrogens with one attached hydrogen (secondary N) is 1. The Morgan fingerprint density at radius 3 is 2.68 bits per heavy atom. The van der Waals surface area contributed by atoms with Gasteiger partial charge in [0, 0.05) is 28.4 Å². The number of aromatic nitrogens is 2. The Morgan fingerprint density at radius 2 is 2.00 bits per heavy atom. The van der Waals surface area contributed by atoms with E-state index in [1.54, 1.807) is 18.0 Å². The van der Waals surface area contributed by atoms with E-state index in [1.807, 2.05) is 18.3 Å². The van der Waals surface area contributed by atoms with Crippen molar-refractivity contribution < 1.29 is 19.5 Å². The lowest BCUT2D eigenvalue weighted by Gasteiger charge is -2.42. The van der Waals surface area contributed by atoms with Crippen LogP contribution in [0.25, 0.3) is 0 Å². The zero-order chi connectivity index (χ0) is 21.6. The molecule has 0 radical (unpaired) electrons. The van der Waals surface area contributed by atoms with Gasteiger partial charge in [0.1, 0.15) is 6.04 Å². The molecule has 2 N–H and O–H groups in total. The molecule has 2 aliphatic heterocycles. The Morgan fingerprint density at radius 1 is 1.26 bits per heavy atom. The van der Waals surface area contributed by atoms with Gasteiger partial charge in [0.05, 0.1) is 16.9 Å². The summed E-state index contributed by atoms with van der Waals surface area (Å²) in [5.41, 5.74) is 1.01. The molecule has 4 heterocycles. The minimum absolute atomic E-state index is 0.0110. The molecule has 2 aliphatic carbocycles. The number of carboxylic acid groups (broad SMARTS) is 1. The molecule has 0 aromatic carbocycles. The minimum atomic E-state index is -1.17. The van der Waals surface area contributed by atoms with Gasteiger partial charge in [-0.15, -0.1) is 11.8 Å². The van der Waals surface area contributed by atoms with Crippen LogP contribution in [-0.2, 0) is 14.4 Å². The van der Waals surface area contributed by atoms with Crippen LogP contribution >= 0.6 is 23.1 Å². The molecule has 10 heteroatoms. The Kier molecular flexibility index (Phi) is 4.05. The van der Waals surface area contributed by atoms with Crippen LogP contribution in [0.15, 0.2) is 34.3 Å². The van der Waals surface area contributed by atoms with E-state index < -0.39 is 23.8 Å². The van der Waals surface area contributed by atoms with E-state index in [-0.39, 0.29) is 45.6 Å². The van der Waals surface area contributed by atoms with Crippen LogP contribution in [-0.4, -0.2) is 49.0 Å². The highest BCUT2D eigenvalue weighted by Crippen LogP contribution is 2.68. The lowest BCUT2D eigenvalue weighted by molar-refractivity contribution is -0.154. The summed E-state index contributed by atoms with van der Waals surface area (Å²) in [5.74, 6) is -2.81. The number of likely N-dealkylation sites (tertiary alicyclic amines) is 1. The van der Waals surface area contributed by atoms with Gasteiger partial charge in [0.15, 0.2) is 0 Å². The molecule has 3 fully saturated rings. The van der Waals surface area contributed by atoms with E-state index in [2.05, 4.69) is 9.97 Å². The molecular formula is C21H19N3O5S2. The summed E-state index contributed by atoms with van der Waals surface area (Å²) in [7, 11) is 0. The number of carbonyl (C=O) groups is 3. The molecule has 2 aromatic heterocycles. The van der Waals surface area contributed by atoms with E-state index in [9.17, 15) is 24.3 Å². The summed E-state index contributed by atoms with van der Waals surface area (Å²) >= 11 is 2.82. The fourth-order valence-corrected chi connectivity index (χ4v) is 9.35. The molecule has 1 saturated heterocycles. The van der Waals surface area contributed by atoms with E-state index in [1.165, 1.54) is 18.3 Å². The summed E-state index contributed by atoms with van der Waals surface area (Å²) < 4.78 is 0. The number of H-pyrrole nitrogens is 1. The number of thiazole rings is 1. The number of pyridine rings is 1. The van der Waals surface area contributed by atoms with Crippen LogP contribution in [0.3, 0.4) is 0 Å². The highest BCUT2D eigenvalue weighted by molar-refractivity contribution is 8.00. The van der Waals surface area contributed by atoms with Crippen LogP contribution in [0.5, 0.6) is 0 Å². The average molecular weight is 458 g/mol. The van der Waals surface area contributed by atoms with Crippen molar-refractivity contribution in [3.8, 4) is 0 Å². The molecule has 4 aliphatic rings. The molecule has 2 bridgehead atoms. The number of carbonyl (C=O) groups excluding carboxylic acids is 2. The first kappa shape index (κ1) is 19.2. The summed E-state index contributed by atoms with van der Waals surface area (Å²) in [6, 6.07) is 2.71. The first-order valence-electron chi connectivity index (χ1n) is 10.3. The number of amides is 2. The number of aromatic amines is 1. The zero-order valence-electron chi connectivity index (χ0n) is 16.4. The summed E-state index contributed by atoms with van der Waals surface area (Å²) in [6.07, 6.45) is 4.30. The molecule has 6 rings (SSSR count). The van der Waals surface area contributed by atoms with Gasteiger partial charge in [-0.2, -0.15) is 0 Å². The Balaban J connectivity index is 1.46. The van der Waals surface area contributed by atoms with E-state index in [0.717, 1.165) is 26.8 Å². The third kappa shape index (κ3) is 2.46. The van der Waals surface area contributed by atoms with Gasteiger partial charge in [-0.1, -0.05) is 17.4 Å². The quantitative estimate of drug-likeness (QED) is 0.674. The van der Waals surface area contributed by atoms with Gasteiger partial charge in [-0.3, -0.25) is 24.3 Å². The molecule has 0 spiro atoms. The van der Waals surface area contributed by atoms with Crippen molar-refractivity contribution in [2.75, 3.05) is 0 Å². The van der Waals surface area contributed by atoms with Gasteiger partial charge in [0.25, 0.3) is 0 Å². The molecule has 31 heavy (non-hydrogen) atoms. The number of rotatable bonds is 3. The summed E-state index contributed by atoms with van der Waals surface area (Å²) in [5, 5.41) is 10.4. The second-order valence-corrected chi connectivity index (χ2v) is 11.0. The van der Waals surface area contributed by atoms with Gasteiger partial charge >= 0.3 is 10.8 Å². The molecule has 160 valence electrons. The Labute approximate surface area is 185 Å². The van der Waals surface area contributed by atoms with Crippen molar-refractivity contribution in [1.29, 1.82) is 0 Å². The number of nitrogens with zero attached hydrogens (tertiary/aromatic N) is 2. The normalized spacial score (nSPS) is 36.3. The molecule has 0 unspecified atom stereocenters. The zero-order valence-corrected chi connectivity index (χ0v) is 18.1. The van der Waals surface area contributed by atoms with Crippen LogP contribution < -0.4 is 4.87 Å². The standard InChI is InChI=1S/C21H19N3O5S2/c1-7(20(27)28)24-18(25)13-9-5-10(14(13)19(24)26)15-12(9)11(8-3-2-4-22-6-8)16-17(30-15)23-21(29)31-16/h2-4,6-7,9-15H,5H2,1H3,(H,23,29)(H,27,28)/t7-,9-,10+,11+,12+,13-,14+,15-/m1/s1. The highest BCUT2D eigenvalue weighted by atomic mass is 32.2. The first-order valence-corrected chi connectivity index (χ1v) is 12.0. The van der Waals surface area contributed by atoms with Crippen molar-refractivity contribution >= 4 is 40.9 Å². The molecule has 2 saturated carbocycles. The number of imide groups is 1. The number of fused-ring (bicyclic) bond motifs is 9. The van der Waals surface area contributed by atoms with Crippen molar-refractivity contribution in [3.63, 3.8) is 0 Å². The predicted molar refractivity (Wildman–Crippen MR) is 112 cm³/mol. The molecular weight excluding hydrogens is 438 g/mol. The number of hydrogen-bond acceptors (Lipinski definition) is 7. The molecule has 8 atom stereocenters. The van der Waals surface area contributed by atoms with Crippen molar-refractivity contribution in [3.05, 3.63) is 44.6 Å². The lowest BCUT2D eigenvalue weighted by atomic mass is 9.68. The number of thioether (sulfide) groups is 1. The fourth-order valence-electron chi connectivity index (χ4n) is 6.47. The maximum atomic E-state index is 13.3. The highest BCUT2D eigenvalue weighted by Gasteiger charge is 2.70. The number of hydrogen-bond donors (Lipinski definition) is 2. The average Bonchev–Trinajstić information content (AvgIpc) is 3.47. The smallest absolute Gasteiger partial charge is 0.326 e. The van der Waals surface area contributed by atoms with E-state index >= 15 is 0 Å². The van der Waals surface area contributed by atoms with Crippen LogP contribution in [0.1, 0.15) is 29.7 Å². The second-order valence-electron chi connectivity index (χ2n) is 8.81. The molecule has 2 aromatic rings. The van der Waals surface area contributed by atoms with Gasteiger partial charge in [-0.25, -0.2) is 4.79 Å². The van der Waals surface area contributed by atoms with Crippen molar-refractivity contribution in [1.82, 2.24) is 14.9 Å². The molecule has 2 amide bonds. The fraction of sp³-hybridized carbons (Fsp3) is 0.476. The van der Waals surface area contributed by atoms with E-state index in [0.29, 0.717) is 0 Å². The first-order chi connectivity index (χ1) is 14.9. The SMILES string of the molecule is C[C@H](C(=O)O)N1C(=O)[C@@H]2[C@@H]3C[C@H]([C@H]4Sc5[nH]c(=O)sc5[C@@H](c5cccnc5)[C@H]34)[C@@H]2C1=O. The van der Waals surface area contributed by atoms with Gasteiger partial charge in [0.2, 0.25) is 11.8 Å². The van der Waals surface area contributed by atoms with Crippen molar-refractivity contribution in [2.24, 2.45) is 29.6 Å². The lowest BCUT2D eigenvalue weighted by Crippen LogP contribution is -2.44. The summed E-state index contributed by atoms with van der Waals surface area (Å²) in [6.45, 7) is 1.39. The summed E-state index contributed by atoms with van der Waals surface area (Å²) in [4.78, 5) is 59.2. The molecule has 8 nitrogen and oxygen atoms in total. The Bertz CT molecular complexity index is 1180. The van der Waals surface area contributed by atoms with Crippen LogP contribution in [0, 0.1) is 29.6 Å². The maximum absolute atomic E-state index is 13.3. The largest absolute Gasteiger partial charge is 0.480 e. The third-order valence-electron chi connectivity index (χ3n) is 7.55. The van der Waals surface area contributed by atoms with Crippen LogP contribution in [0.2, 0.25) is 0 Å². The number of carboxylic acids is 1. The topological polar surface area (TPSA) is 120 Å². The van der Waals surface area contributed by atoms with Gasteiger partial charge < -0.3 is 10.1 Å². The van der Waals surface area contributed by atoms with E-state index in [4.69, 9.17) is 0 Å².